The number of hydrogen-bond donors (Lipinski definition) is 1. The third-order valence-electron chi connectivity index (χ3n) is 2.38. The summed E-state index contributed by atoms with van der Waals surface area (Å²) in [7, 11) is 0. The Bertz CT molecular complexity index is 631. The maximum atomic E-state index is 13.0. The van der Waals surface area contributed by atoms with Crippen LogP contribution < -0.4 is 0 Å². The van der Waals surface area contributed by atoms with E-state index >= 15 is 0 Å². The number of rotatable bonds is 2. The molecule has 0 bridgehead atoms. The Balaban J connectivity index is 2.58. The van der Waals surface area contributed by atoms with Crippen LogP contribution in [0.25, 0.3) is 11.4 Å². The zero-order valence-corrected chi connectivity index (χ0v) is 10.9. The molecule has 2 rings (SSSR count). The summed E-state index contributed by atoms with van der Waals surface area (Å²) < 4.78 is 13.3. The first-order valence-electron chi connectivity index (χ1n) is 5.01. The number of carboxylic acid groups (broad SMARTS) is 1. The van der Waals surface area contributed by atoms with E-state index in [9.17, 15) is 9.18 Å². The Morgan fingerprint density at radius 3 is 2.78 bits per heavy atom. The molecule has 0 saturated carbocycles. The molecule has 2 aromatic rings. The maximum Gasteiger partial charge on any atom is 0.355 e. The molecule has 0 atom stereocenters. The van der Waals surface area contributed by atoms with Crippen molar-refractivity contribution in [2.45, 2.75) is 6.92 Å². The minimum atomic E-state index is -1.15. The number of carbonyl (C=O) groups is 1. The van der Waals surface area contributed by atoms with Crippen molar-refractivity contribution in [3.05, 3.63) is 45.9 Å². The van der Waals surface area contributed by atoms with Gasteiger partial charge in [0.05, 0.1) is 4.47 Å². The van der Waals surface area contributed by atoms with Gasteiger partial charge in [-0.1, -0.05) is 0 Å². The molecule has 18 heavy (non-hydrogen) atoms. The summed E-state index contributed by atoms with van der Waals surface area (Å²) in [5.41, 5.74) is 1.13. The van der Waals surface area contributed by atoms with E-state index in [0.29, 0.717) is 15.6 Å². The van der Waals surface area contributed by atoms with Gasteiger partial charge in [-0.3, -0.25) is 0 Å². The monoisotopic (exact) mass is 310 g/mol. The molecule has 0 radical (unpaired) electrons. The average molecular weight is 311 g/mol. The molecular weight excluding hydrogens is 303 g/mol. The largest absolute Gasteiger partial charge is 0.476 e. The van der Waals surface area contributed by atoms with Crippen molar-refractivity contribution < 1.29 is 14.3 Å². The van der Waals surface area contributed by atoms with Crippen molar-refractivity contribution >= 4 is 21.9 Å². The van der Waals surface area contributed by atoms with E-state index in [1.54, 1.807) is 6.92 Å². The van der Waals surface area contributed by atoms with Crippen LogP contribution in [0, 0.1) is 12.7 Å². The fourth-order valence-electron chi connectivity index (χ4n) is 1.52. The van der Waals surface area contributed by atoms with Crippen molar-refractivity contribution in [2.24, 2.45) is 0 Å². The van der Waals surface area contributed by atoms with Gasteiger partial charge in [0.1, 0.15) is 5.82 Å². The third-order valence-corrected chi connectivity index (χ3v) is 2.96. The van der Waals surface area contributed by atoms with E-state index in [1.807, 2.05) is 0 Å². The highest BCUT2D eigenvalue weighted by molar-refractivity contribution is 9.10. The predicted molar refractivity (Wildman–Crippen MR) is 66.8 cm³/mol. The predicted octanol–water partition coefficient (Wildman–Crippen LogP) is 3.05. The van der Waals surface area contributed by atoms with Crippen LogP contribution in [-0.4, -0.2) is 21.0 Å². The third kappa shape index (κ3) is 2.38. The number of carboxylic acids is 1. The molecular formula is C12H8BrFN2O2. The molecule has 0 spiro atoms. The lowest BCUT2D eigenvalue weighted by atomic mass is 10.1. The number of hydrogen-bond acceptors (Lipinski definition) is 3. The highest BCUT2D eigenvalue weighted by Gasteiger charge is 2.14. The molecule has 0 aliphatic rings. The summed E-state index contributed by atoms with van der Waals surface area (Å²) >= 11 is 3.07. The van der Waals surface area contributed by atoms with Crippen LogP contribution >= 0.6 is 15.9 Å². The Morgan fingerprint density at radius 2 is 2.17 bits per heavy atom. The highest BCUT2D eigenvalue weighted by Crippen LogP contribution is 2.23. The van der Waals surface area contributed by atoms with Gasteiger partial charge in [0.25, 0.3) is 0 Å². The lowest BCUT2D eigenvalue weighted by molar-refractivity contribution is 0.0689. The fraction of sp³-hybridized carbons (Fsp3) is 0.0833. The van der Waals surface area contributed by atoms with Crippen LogP contribution in [0.15, 0.2) is 28.9 Å². The Kier molecular flexibility index (Phi) is 3.38. The second-order valence-electron chi connectivity index (χ2n) is 3.65. The molecule has 0 aliphatic carbocycles. The molecule has 92 valence electrons. The van der Waals surface area contributed by atoms with Gasteiger partial charge in [0.15, 0.2) is 11.5 Å². The summed E-state index contributed by atoms with van der Waals surface area (Å²) in [6, 6.07) is 4.16. The molecule has 0 unspecified atom stereocenters. The van der Waals surface area contributed by atoms with Gasteiger partial charge >= 0.3 is 5.97 Å². The van der Waals surface area contributed by atoms with E-state index in [1.165, 1.54) is 24.4 Å². The molecule has 1 N–H and O–H groups in total. The number of halogens is 2. The van der Waals surface area contributed by atoms with E-state index in [-0.39, 0.29) is 17.3 Å². The van der Waals surface area contributed by atoms with Gasteiger partial charge in [-0.05, 0) is 46.6 Å². The minimum Gasteiger partial charge on any atom is -0.476 e. The van der Waals surface area contributed by atoms with Gasteiger partial charge in [-0.2, -0.15) is 0 Å². The summed E-state index contributed by atoms with van der Waals surface area (Å²) in [5.74, 6) is -1.25. The lowest BCUT2D eigenvalue weighted by Crippen LogP contribution is -2.04. The van der Waals surface area contributed by atoms with Crippen molar-refractivity contribution in [3.63, 3.8) is 0 Å². The number of nitrogens with zero attached hydrogens (tertiary/aromatic N) is 2. The Hall–Kier alpha value is -1.82. The summed E-state index contributed by atoms with van der Waals surface area (Å²) in [4.78, 5) is 19.0. The Labute approximate surface area is 111 Å². The first kappa shape index (κ1) is 12.6. The van der Waals surface area contributed by atoms with Crippen molar-refractivity contribution in [2.75, 3.05) is 0 Å². The SMILES string of the molecule is Cc1cc(F)ccc1-c1ncc(Br)c(C(=O)O)n1. The molecule has 4 nitrogen and oxygen atoms in total. The smallest absolute Gasteiger partial charge is 0.355 e. The van der Waals surface area contributed by atoms with Gasteiger partial charge in [0.2, 0.25) is 0 Å². The lowest BCUT2D eigenvalue weighted by Gasteiger charge is -2.06. The van der Waals surface area contributed by atoms with E-state index in [2.05, 4.69) is 25.9 Å². The molecule has 0 fully saturated rings. The summed E-state index contributed by atoms with van der Waals surface area (Å²) in [6.45, 7) is 1.71. The Morgan fingerprint density at radius 1 is 1.44 bits per heavy atom. The second-order valence-corrected chi connectivity index (χ2v) is 4.51. The molecule has 1 aromatic carbocycles. The minimum absolute atomic E-state index is 0.122. The first-order chi connectivity index (χ1) is 8.49. The van der Waals surface area contributed by atoms with Gasteiger partial charge in [0, 0.05) is 11.8 Å². The molecule has 0 saturated heterocycles. The molecule has 1 aromatic heterocycles. The van der Waals surface area contributed by atoms with Gasteiger partial charge < -0.3 is 5.11 Å². The summed E-state index contributed by atoms with van der Waals surface area (Å²) in [5, 5.41) is 8.97. The summed E-state index contributed by atoms with van der Waals surface area (Å²) in [6.07, 6.45) is 1.37. The molecule has 6 heteroatoms. The van der Waals surface area contributed by atoms with Crippen molar-refractivity contribution in [3.8, 4) is 11.4 Å². The van der Waals surface area contributed by atoms with Gasteiger partial charge in [-0.25, -0.2) is 19.2 Å². The van der Waals surface area contributed by atoms with Crippen LogP contribution in [0.1, 0.15) is 16.1 Å². The zero-order chi connectivity index (χ0) is 13.3. The number of aromatic carboxylic acids is 1. The van der Waals surface area contributed by atoms with Crippen LogP contribution in [0.3, 0.4) is 0 Å². The normalized spacial score (nSPS) is 10.4. The fourth-order valence-corrected chi connectivity index (χ4v) is 1.89. The average Bonchev–Trinajstić information content (AvgIpc) is 2.30. The quantitative estimate of drug-likeness (QED) is 0.926. The van der Waals surface area contributed by atoms with Crippen LogP contribution in [0.2, 0.25) is 0 Å². The topological polar surface area (TPSA) is 63.1 Å². The number of benzene rings is 1. The van der Waals surface area contributed by atoms with Crippen LogP contribution in [0.4, 0.5) is 4.39 Å². The van der Waals surface area contributed by atoms with E-state index in [0.717, 1.165) is 0 Å². The van der Waals surface area contributed by atoms with Crippen molar-refractivity contribution in [1.29, 1.82) is 0 Å². The standard InChI is InChI=1S/C12H8BrFN2O2/c1-6-4-7(14)2-3-8(6)11-15-5-9(13)10(16-11)12(17)18/h2-5H,1H3,(H,17,18). The molecule has 0 aliphatic heterocycles. The first-order valence-corrected chi connectivity index (χ1v) is 5.80. The number of aryl methyl sites for hydroxylation is 1. The van der Waals surface area contributed by atoms with E-state index < -0.39 is 5.97 Å². The van der Waals surface area contributed by atoms with Crippen LogP contribution in [-0.2, 0) is 0 Å². The molecule has 1 heterocycles. The molecule has 0 amide bonds. The second kappa shape index (κ2) is 4.81. The van der Waals surface area contributed by atoms with Crippen LogP contribution in [0.5, 0.6) is 0 Å². The number of aromatic nitrogens is 2. The maximum absolute atomic E-state index is 13.0. The zero-order valence-electron chi connectivity index (χ0n) is 9.32. The highest BCUT2D eigenvalue weighted by atomic mass is 79.9. The van der Waals surface area contributed by atoms with E-state index in [4.69, 9.17) is 5.11 Å². The van der Waals surface area contributed by atoms with Gasteiger partial charge in [-0.15, -0.1) is 0 Å². The van der Waals surface area contributed by atoms with Crippen molar-refractivity contribution in [1.82, 2.24) is 9.97 Å².